The van der Waals surface area contributed by atoms with Crippen LogP contribution in [-0.4, -0.2) is 28.7 Å². The molecular formula is C19H17ClN4O2. The van der Waals surface area contributed by atoms with Gasteiger partial charge in [-0.3, -0.25) is 4.79 Å². The van der Waals surface area contributed by atoms with E-state index in [1.54, 1.807) is 12.1 Å². The van der Waals surface area contributed by atoms with Gasteiger partial charge in [-0.05, 0) is 67.9 Å². The van der Waals surface area contributed by atoms with Gasteiger partial charge in [-0.1, -0.05) is 11.6 Å². The molecule has 1 aromatic heterocycles. The second kappa shape index (κ2) is 7.27. The van der Waals surface area contributed by atoms with Gasteiger partial charge in [-0.2, -0.15) is 0 Å². The van der Waals surface area contributed by atoms with Gasteiger partial charge in [-0.15, -0.1) is 10.2 Å². The van der Waals surface area contributed by atoms with Crippen LogP contribution in [0, 0.1) is 0 Å². The second-order valence-corrected chi connectivity index (χ2v) is 6.57. The van der Waals surface area contributed by atoms with Crippen LogP contribution in [0.2, 0.25) is 5.02 Å². The minimum Gasteiger partial charge on any atom is -0.416 e. The van der Waals surface area contributed by atoms with Crippen molar-refractivity contribution in [1.29, 1.82) is 0 Å². The predicted molar refractivity (Wildman–Crippen MR) is 99.8 cm³/mol. The van der Waals surface area contributed by atoms with Gasteiger partial charge in [0.15, 0.2) is 0 Å². The Balaban J connectivity index is 1.47. The molecule has 26 heavy (non-hydrogen) atoms. The quantitative estimate of drug-likeness (QED) is 0.733. The van der Waals surface area contributed by atoms with Crippen LogP contribution < -0.4 is 10.6 Å². The highest BCUT2D eigenvalue weighted by Crippen LogP contribution is 2.26. The summed E-state index contributed by atoms with van der Waals surface area (Å²) in [7, 11) is 0. The number of nitrogens with zero attached hydrogens (tertiary/aromatic N) is 2. The first-order valence-electron chi connectivity index (χ1n) is 8.43. The normalized spacial score (nSPS) is 16.6. The lowest BCUT2D eigenvalue weighted by atomic mass is 10.2. The highest BCUT2D eigenvalue weighted by molar-refractivity contribution is 6.30. The van der Waals surface area contributed by atoms with Crippen molar-refractivity contribution in [2.45, 2.75) is 18.9 Å². The number of hydrogen-bond acceptors (Lipinski definition) is 5. The first-order chi connectivity index (χ1) is 12.7. The Morgan fingerprint density at radius 1 is 1.04 bits per heavy atom. The number of halogens is 1. The summed E-state index contributed by atoms with van der Waals surface area (Å²) in [5.41, 5.74) is 2.33. The molecule has 0 unspecified atom stereocenters. The maximum absolute atomic E-state index is 12.1. The first-order valence-corrected chi connectivity index (χ1v) is 8.81. The highest BCUT2D eigenvalue weighted by Gasteiger charge is 2.21. The molecular weight excluding hydrogens is 352 g/mol. The van der Waals surface area contributed by atoms with Crippen LogP contribution in [0.15, 0.2) is 52.9 Å². The van der Waals surface area contributed by atoms with Crippen molar-refractivity contribution in [3.05, 3.63) is 53.6 Å². The zero-order chi connectivity index (χ0) is 17.9. The van der Waals surface area contributed by atoms with Crippen LogP contribution in [0.4, 0.5) is 5.69 Å². The van der Waals surface area contributed by atoms with E-state index in [1.165, 1.54) is 0 Å². The first kappa shape index (κ1) is 16.8. The monoisotopic (exact) mass is 368 g/mol. The Bertz CT molecular complexity index is 900. The summed E-state index contributed by atoms with van der Waals surface area (Å²) in [6.07, 6.45) is 1.91. The number of carbonyl (C=O) groups excluding carboxylic acids is 1. The maximum atomic E-state index is 12.1. The molecule has 1 saturated heterocycles. The Kier molecular flexibility index (Phi) is 4.69. The molecule has 1 aliphatic rings. The van der Waals surface area contributed by atoms with Gasteiger partial charge >= 0.3 is 0 Å². The molecule has 2 N–H and O–H groups in total. The molecule has 1 amide bonds. The Morgan fingerprint density at radius 2 is 1.65 bits per heavy atom. The minimum absolute atomic E-state index is 0.00179. The van der Waals surface area contributed by atoms with E-state index < -0.39 is 0 Å². The SMILES string of the molecule is O=C(Nc1ccc(-c2nnc(-c3ccc(Cl)cc3)o2)cc1)[C@@H]1CCCN1. The lowest BCUT2D eigenvalue weighted by molar-refractivity contribution is -0.117. The summed E-state index contributed by atoms with van der Waals surface area (Å²) in [5.74, 6) is 0.852. The van der Waals surface area contributed by atoms with Crippen LogP contribution in [0.3, 0.4) is 0 Å². The third-order valence-corrected chi connectivity index (χ3v) is 4.54. The molecule has 4 rings (SSSR count). The van der Waals surface area contributed by atoms with Crippen molar-refractivity contribution in [3.8, 4) is 22.9 Å². The van der Waals surface area contributed by atoms with Crippen LogP contribution in [0.5, 0.6) is 0 Å². The van der Waals surface area contributed by atoms with Gasteiger partial charge in [0.1, 0.15) is 0 Å². The average molecular weight is 369 g/mol. The molecule has 1 aliphatic heterocycles. The highest BCUT2D eigenvalue weighted by atomic mass is 35.5. The Hall–Kier alpha value is -2.70. The summed E-state index contributed by atoms with van der Waals surface area (Å²) in [6, 6.07) is 14.4. The number of rotatable bonds is 4. The zero-order valence-electron chi connectivity index (χ0n) is 13.9. The van der Waals surface area contributed by atoms with Crippen molar-refractivity contribution >= 4 is 23.2 Å². The Morgan fingerprint density at radius 3 is 2.23 bits per heavy atom. The van der Waals surface area contributed by atoms with E-state index in [0.29, 0.717) is 16.8 Å². The summed E-state index contributed by atoms with van der Waals surface area (Å²) >= 11 is 5.89. The number of anilines is 1. The van der Waals surface area contributed by atoms with E-state index >= 15 is 0 Å². The van der Waals surface area contributed by atoms with Crippen molar-refractivity contribution in [3.63, 3.8) is 0 Å². The van der Waals surface area contributed by atoms with Crippen molar-refractivity contribution in [1.82, 2.24) is 15.5 Å². The van der Waals surface area contributed by atoms with Crippen LogP contribution in [-0.2, 0) is 4.79 Å². The van der Waals surface area contributed by atoms with Crippen LogP contribution in [0.25, 0.3) is 22.9 Å². The fraction of sp³-hybridized carbons (Fsp3) is 0.211. The minimum atomic E-state index is -0.104. The topological polar surface area (TPSA) is 80.1 Å². The average Bonchev–Trinajstić information content (AvgIpc) is 3.35. The number of amides is 1. The fourth-order valence-corrected chi connectivity index (χ4v) is 3.01. The number of carbonyl (C=O) groups is 1. The van der Waals surface area contributed by atoms with Crippen LogP contribution >= 0.6 is 11.6 Å². The van der Waals surface area contributed by atoms with E-state index in [4.69, 9.17) is 16.0 Å². The van der Waals surface area contributed by atoms with Gasteiger partial charge in [0.2, 0.25) is 17.7 Å². The second-order valence-electron chi connectivity index (χ2n) is 6.13. The molecule has 6 nitrogen and oxygen atoms in total. The molecule has 2 heterocycles. The van der Waals surface area contributed by atoms with Crippen molar-refractivity contribution in [2.75, 3.05) is 11.9 Å². The molecule has 0 radical (unpaired) electrons. The maximum Gasteiger partial charge on any atom is 0.248 e. The summed E-state index contributed by atoms with van der Waals surface area (Å²) in [4.78, 5) is 12.1. The number of benzene rings is 2. The molecule has 0 spiro atoms. The predicted octanol–water partition coefficient (Wildman–Crippen LogP) is 3.75. The van der Waals surface area contributed by atoms with E-state index in [-0.39, 0.29) is 11.9 Å². The van der Waals surface area contributed by atoms with Gasteiger partial charge in [0, 0.05) is 21.8 Å². The summed E-state index contributed by atoms with van der Waals surface area (Å²) in [6.45, 7) is 0.893. The number of nitrogens with one attached hydrogen (secondary N) is 2. The van der Waals surface area contributed by atoms with E-state index in [2.05, 4.69) is 20.8 Å². The van der Waals surface area contributed by atoms with Crippen molar-refractivity contribution in [2.24, 2.45) is 0 Å². The van der Waals surface area contributed by atoms with E-state index in [9.17, 15) is 4.79 Å². The molecule has 0 bridgehead atoms. The van der Waals surface area contributed by atoms with Gasteiger partial charge in [0.05, 0.1) is 6.04 Å². The standard InChI is InChI=1S/C19H17ClN4O2/c20-14-7-3-12(4-8-14)18-23-24-19(26-18)13-5-9-15(10-6-13)22-17(25)16-2-1-11-21-16/h3-10,16,21H,1-2,11H2,(H,22,25)/t16-/m0/s1. The molecule has 0 aliphatic carbocycles. The molecule has 3 aromatic rings. The summed E-state index contributed by atoms with van der Waals surface area (Å²) < 4.78 is 5.74. The third kappa shape index (κ3) is 3.61. The van der Waals surface area contributed by atoms with Crippen molar-refractivity contribution < 1.29 is 9.21 Å². The number of hydrogen-bond donors (Lipinski definition) is 2. The molecule has 7 heteroatoms. The zero-order valence-corrected chi connectivity index (χ0v) is 14.7. The van der Waals surface area contributed by atoms with E-state index in [1.807, 2.05) is 36.4 Å². The smallest absolute Gasteiger partial charge is 0.248 e. The molecule has 132 valence electrons. The largest absolute Gasteiger partial charge is 0.416 e. The molecule has 0 saturated carbocycles. The molecule has 1 fully saturated rings. The third-order valence-electron chi connectivity index (χ3n) is 4.29. The molecule has 2 aromatic carbocycles. The van der Waals surface area contributed by atoms with Gasteiger partial charge < -0.3 is 15.1 Å². The lowest BCUT2D eigenvalue weighted by Crippen LogP contribution is -2.35. The molecule has 1 atom stereocenters. The van der Waals surface area contributed by atoms with Gasteiger partial charge in [0.25, 0.3) is 0 Å². The Labute approximate surface area is 155 Å². The van der Waals surface area contributed by atoms with E-state index in [0.717, 1.165) is 36.2 Å². The fourth-order valence-electron chi connectivity index (χ4n) is 2.88. The summed E-state index contributed by atoms with van der Waals surface area (Å²) in [5, 5.41) is 14.9. The van der Waals surface area contributed by atoms with Gasteiger partial charge in [-0.25, -0.2) is 0 Å². The number of aromatic nitrogens is 2. The van der Waals surface area contributed by atoms with Crippen LogP contribution in [0.1, 0.15) is 12.8 Å². The lowest BCUT2D eigenvalue weighted by Gasteiger charge is -2.11.